The minimum atomic E-state index is -0.398. The molecule has 9 rings (SSSR count). The van der Waals surface area contributed by atoms with Gasteiger partial charge in [0.1, 0.15) is 11.2 Å². The Balaban J connectivity index is 1.05. The molecule has 0 bridgehead atoms. The molecule has 0 saturated carbocycles. The Kier molecular flexibility index (Phi) is 5.87. The first kappa shape index (κ1) is 23.6. The molecule has 4 heteroatoms. The molecule has 0 aliphatic carbocycles. The molecular weight excluding hydrogens is 599 g/mol. The summed E-state index contributed by atoms with van der Waals surface area (Å²) in [6.45, 7) is 0. The molecule has 0 radical (unpaired) electrons. The number of furan rings is 1. The van der Waals surface area contributed by atoms with Crippen LogP contribution in [0, 0.1) is 0 Å². The Morgan fingerprint density at radius 1 is 0.347 bits per heavy atom. The van der Waals surface area contributed by atoms with Gasteiger partial charge in [-0.05, 0) is 63.7 Å². The van der Waals surface area contributed by atoms with E-state index in [0.29, 0.717) is 23.0 Å². The summed E-state index contributed by atoms with van der Waals surface area (Å²) >= 11 is 0. The van der Waals surface area contributed by atoms with Crippen molar-refractivity contribution < 1.29 is 11.3 Å². The van der Waals surface area contributed by atoms with Crippen LogP contribution in [0.5, 0.6) is 0 Å². The van der Waals surface area contributed by atoms with Gasteiger partial charge in [-0.15, -0.1) is 0 Å². The molecule has 0 saturated heterocycles. The second-order valence-corrected chi connectivity index (χ2v) is 11.7. The molecule has 7 aromatic carbocycles. The Labute approximate surface area is 291 Å². The predicted octanol–water partition coefficient (Wildman–Crippen LogP) is 11.8. The van der Waals surface area contributed by atoms with Crippen molar-refractivity contribution in [3.8, 4) is 67.5 Å². The lowest BCUT2D eigenvalue weighted by atomic mass is 9.97. The molecule has 9 aromatic rings. The highest BCUT2D eigenvalue weighted by atomic mass is 16.3. The van der Waals surface area contributed by atoms with Crippen molar-refractivity contribution in [1.29, 1.82) is 0 Å². The highest BCUT2D eigenvalue weighted by Gasteiger charge is 2.15. The van der Waals surface area contributed by atoms with Crippen molar-refractivity contribution in [3.05, 3.63) is 176 Å². The molecular formula is C45H29N3O. The maximum atomic E-state index is 8.32. The van der Waals surface area contributed by atoms with Crippen molar-refractivity contribution in [2.24, 2.45) is 0 Å². The maximum Gasteiger partial charge on any atom is 0.164 e. The van der Waals surface area contributed by atoms with E-state index in [0.717, 1.165) is 60.9 Å². The standard InChI is InChI=1S/C45H29N3O/c1-4-10-30(11-5-1)31-16-18-32(19-17-31)33-20-22-34(23-21-33)37-24-26-41-39(28-37)40-29-38(25-27-42(40)49-41)45-47-43(35-12-6-2-7-13-35)46-44(48-45)36-14-8-3-9-15-36/h1-29H/i1D,4D,5D,10D,11D. The highest BCUT2D eigenvalue weighted by molar-refractivity contribution is 6.07. The molecule has 0 atom stereocenters. The molecule has 4 nitrogen and oxygen atoms in total. The van der Waals surface area contributed by atoms with Crippen molar-refractivity contribution >= 4 is 21.9 Å². The van der Waals surface area contributed by atoms with Gasteiger partial charge in [-0.25, -0.2) is 15.0 Å². The number of aromatic nitrogens is 3. The van der Waals surface area contributed by atoms with Gasteiger partial charge in [0.05, 0.1) is 6.85 Å². The zero-order valence-electron chi connectivity index (χ0n) is 31.1. The van der Waals surface area contributed by atoms with E-state index in [9.17, 15) is 0 Å². The third-order valence-corrected chi connectivity index (χ3v) is 8.65. The van der Waals surface area contributed by atoms with Gasteiger partial charge < -0.3 is 4.42 Å². The number of rotatable bonds is 6. The zero-order valence-corrected chi connectivity index (χ0v) is 26.1. The van der Waals surface area contributed by atoms with Crippen LogP contribution in [0.3, 0.4) is 0 Å². The minimum absolute atomic E-state index is 0.194. The van der Waals surface area contributed by atoms with Crippen LogP contribution in [0.4, 0.5) is 0 Å². The van der Waals surface area contributed by atoms with Crippen molar-refractivity contribution in [3.63, 3.8) is 0 Å². The van der Waals surface area contributed by atoms with E-state index in [-0.39, 0.29) is 29.7 Å². The number of fused-ring (bicyclic) bond motifs is 3. The van der Waals surface area contributed by atoms with E-state index in [1.54, 1.807) is 12.1 Å². The Hall–Kier alpha value is -6.65. The molecule has 2 aromatic heterocycles. The van der Waals surface area contributed by atoms with E-state index >= 15 is 0 Å². The van der Waals surface area contributed by atoms with E-state index in [1.165, 1.54) is 0 Å². The fraction of sp³-hybridized carbons (Fsp3) is 0. The van der Waals surface area contributed by atoms with E-state index in [4.69, 9.17) is 26.2 Å². The third kappa shape index (κ3) is 5.56. The summed E-state index contributed by atoms with van der Waals surface area (Å²) in [5.41, 5.74) is 9.02. The molecule has 0 unspecified atom stereocenters. The van der Waals surface area contributed by atoms with Gasteiger partial charge in [0, 0.05) is 27.5 Å². The second-order valence-electron chi connectivity index (χ2n) is 11.7. The molecule has 0 fully saturated rings. The lowest BCUT2D eigenvalue weighted by molar-refractivity contribution is 0.669. The molecule has 0 aliphatic rings. The zero-order chi connectivity index (χ0) is 36.9. The van der Waals surface area contributed by atoms with Crippen LogP contribution in [-0.2, 0) is 0 Å². The van der Waals surface area contributed by atoms with Crippen LogP contribution in [0.2, 0.25) is 0 Å². The maximum absolute atomic E-state index is 8.32. The first-order valence-corrected chi connectivity index (χ1v) is 15.9. The summed E-state index contributed by atoms with van der Waals surface area (Å²) in [6.07, 6.45) is 0. The average Bonchev–Trinajstić information content (AvgIpc) is 3.60. The van der Waals surface area contributed by atoms with E-state index in [2.05, 4.69) is 42.5 Å². The fourth-order valence-corrected chi connectivity index (χ4v) is 6.11. The van der Waals surface area contributed by atoms with Gasteiger partial charge in [-0.1, -0.05) is 145 Å². The van der Waals surface area contributed by atoms with Crippen LogP contribution in [0.25, 0.3) is 89.5 Å². The van der Waals surface area contributed by atoms with Crippen LogP contribution in [0.15, 0.2) is 180 Å². The van der Waals surface area contributed by atoms with Gasteiger partial charge in [-0.3, -0.25) is 0 Å². The smallest absolute Gasteiger partial charge is 0.164 e. The summed E-state index contributed by atoms with van der Waals surface area (Å²) in [7, 11) is 0. The van der Waals surface area contributed by atoms with Gasteiger partial charge in [0.15, 0.2) is 17.5 Å². The molecule has 230 valence electrons. The third-order valence-electron chi connectivity index (χ3n) is 8.65. The van der Waals surface area contributed by atoms with E-state index < -0.39 is 6.04 Å². The average molecular weight is 633 g/mol. The topological polar surface area (TPSA) is 51.8 Å². The Morgan fingerprint density at radius 3 is 1.24 bits per heavy atom. The minimum Gasteiger partial charge on any atom is -0.456 e. The Morgan fingerprint density at radius 2 is 0.735 bits per heavy atom. The van der Waals surface area contributed by atoms with Crippen molar-refractivity contribution in [2.45, 2.75) is 0 Å². The van der Waals surface area contributed by atoms with Crippen LogP contribution < -0.4 is 0 Å². The summed E-state index contributed by atoms with van der Waals surface area (Å²) in [5, 5.41) is 1.94. The molecule has 0 aliphatic heterocycles. The predicted molar refractivity (Wildman–Crippen MR) is 200 cm³/mol. The lowest BCUT2D eigenvalue weighted by Crippen LogP contribution is -2.00. The first-order valence-electron chi connectivity index (χ1n) is 18.4. The van der Waals surface area contributed by atoms with E-state index in [1.807, 2.05) is 91.0 Å². The van der Waals surface area contributed by atoms with Crippen LogP contribution >= 0.6 is 0 Å². The molecule has 0 amide bonds. The number of benzene rings is 7. The molecule has 0 spiro atoms. The van der Waals surface area contributed by atoms with Crippen LogP contribution in [0.1, 0.15) is 6.85 Å². The second kappa shape index (κ2) is 12.2. The first-order chi connectivity index (χ1) is 26.3. The summed E-state index contributed by atoms with van der Waals surface area (Å²) in [4.78, 5) is 14.7. The van der Waals surface area contributed by atoms with Crippen molar-refractivity contribution in [1.82, 2.24) is 15.0 Å². The van der Waals surface area contributed by atoms with Gasteiger partial charge in [-0.2, -0.15) is 0 Å². The summed E-state index contributed by atoms with van der Waals surface area (Å²) < 4.78 is 46.8. The summed E-state index contributed by atoms with van der Waals surface area (Å²) in [6, 6.07) is 46.3. The number of hydrogen-bond acceptors (Lipinski definition) is 4. The molecule has 49 heavy (non-hydrogen) atoms. The quantitative estimate of drug-likeness (QED) is 0.183. The highest BCUT2D eigenvalue weighted by Crippen LogP contribution is 2.36. The monoisotopic (exact) mass is 632 g/mol. The van der Waals surface area contributed by atoms with Crippen molar-refractivity contribution in [2.75, 3.05) is 0 Å². The van der Waals surface area contributed by atoms with Gasteiger partial charge in [0.2, 0.25) is 0 Å². The molecule has 0 N–H and O–H groups in total. The number of nitrogens with zero attached hydrogens (tertiary/aromatic N) is 3. The van der Waals surface area contributed by atoms with Gasteiger partial charge >= 0.3 is 0 Å². The summed E-state index contributed by atoms with van der Waals surface area (Å²) in [5.74, 6) is 1.78. The normalized spacial score (nSPS) is 12.7. The number of hydrogen-bond donors (Lipinski definition) is 0. The van der Waals surface area contributed by atoms with Crippen LogP contribution in [-0.4, -0.2) is 15.0 Å². The van der Waals surface area contributed by atoms with Gasteiger partial charge in [0.25, 0.3) is 0 Å². The SMILES string of the molecule is [2H]c1c([2H])c([2H])c(-c2ccc(-c3ccc(-c4ccc5oc6ccc(-c7nc(-c8ccccc8)nc(-c8ccccc8)n7)cc6c5c4)cc3)cc2)c([2H])c1[2H]. The lowest BCUT2D eigenvalue weighted by Gasteiger charge is -2.08. The largest absolute Gasteiger partial charge is 0.456 e. The fourth-order valence-electron chi connectivity index (χ4n) is 6.11. The Bertz CT molecular complexity index is 2770. The molecule has 2 heterocycles.